The largest absolute Gasteiger partial charge is 0.389 e. The van der Waals surface area contributed by atoms with E-state index in [9.17, 15) is 18.6 Å². The summed E-state index contributed by atoms with van der Waals surface area (Å²) in [5, 5.41) is 18.7. The second kappa shape index (κ2) is 4.78. The molecule has 0 amide bonds. The van der Waals surface area contributed by atoms with Crippen molar-refractivity contribution >= 4 is 15.8 Å². The van der Waals surface area contributed by atoms with Crippen molar-refractivity contribution in [2.75, 3.05) is 18.5 Å². The lowest BCUT2D eigenvalue weighted by Gasteiger charge is -2.15. The predicted octanol–water partition coefficient (Wildman–Crippen LogP) is -1.91. The SMILES string of the molecule is NNc1ccc(S(=O)(=O)N2CC(O)C(O)C2)cn1. The zero-order valence-electron chi connectivity index (χ0n) is 9.39. The molecule has 8 nitrogen and oxygen atoms in total. The number of nitrogens with one attached hydrogen (secondary N) is 1. The van der Waals surface area contributed by atoms with Gasteiger partial charge in [0.15, 0.2) is 0 Å². The molecule has 0 aromatic carbocycles. The van der Waals surface area contributed by atoms with Crippen LogP contribution in [0.25, 0.3) is 0 Å². The van der Waals surface area contributed by atoms with Crippen molar-refractivity contribution in [3.8, 4) is 0 Å². The zero-order chi connectivity index (χ0) is 13.3. The monoisotopic (exact) mass is 274 g/mol. The fourth-order valence-electron chi connectivity index (χ4n) is 1.70. The smallest absolute Gasteiger partial charge is 0.244 e. The molecule has 1 aliphatic heterocycles. The van der Waals surface area contributed by atoms with Crippen LogP contribution in [0.1, 0.15) is 0 Å². The molecule has 1 aromatic rings. The number of rotatable bonds is 3. The first-order valence-corrected chi connectivity index (χ1v) is 6.68. The van der Waals surface area contributed by atoms with Gasteiger partial charge in [-0.15, -0.1) is 0 Å². The van der Waals surface area contributed by atoms with Gasteiger partial charge in [0.2, 0.25) is 10.0 Å². The highest BCUT2D eigenvalue weighted by Gasteiger charge is 2.37. The molecule has 1 fully saturated rings. The average molecular weight is 274 g/mol. The first-order chi connectivity index (χ1) is 8.45. The number of sulfonamides is 1. The molecule has 0 saturated carbocycles. The molecular weight excluding hydrogens is 260 g/mol. The van der Waals surface area contributed by atoms with Crippen LogP contribution in [-0.2, 0) is 10.0 Å². The number of aromatic nitrogens is 1. The fourth-order valence-corrected chi connectivity index (χ4v) is 3.12. The number of pyridine rings is 1. The first kappa shape index (κ1) is 13.2. The van der Waals surface area contributed by atoms with Gasteiger partial charge in [0.25, 0.3) is 0 Å². The van der Waals surface area contributed by atoms with Crippen LogP contribution in [0.5, 0.6) is 0 Å². The maximum atomic E-state index is 12.1. The predicted molar refractivity (Wildman–Crippen MR) is 62.8 cm³/mol. The quantitative estimate of drug-likeness (QED) is 0.374. The van der Waals surface area contributed by atoms with Gasteiger partial charge >= 0.3 is 0 Å². The average Bonchev–Trinajstić information content (AvgIpc) is 2.70. The van der Waals surface area contributed by atoms with E-state index < -0.39 is 22.2 Å². The van der Waals surface area contributed by atoms with Gasteiger partial charge in [0.1, 0.15) is 10.7 Å². The number of hydrogen-bond donors (Lipinski definition) is 4. The normalized spacial score (nSPS) is 25.3. The third kappa shape index (κ3) is 2.31. The molecule has 0 bridgehead atoms. The van der Waals surface area contributed by atoms with Crippen LogP contribution in [0.3, 0.4) is 0 Å². The Morgan fingerprint density at radius 2 is 1.94 bits per heavy atom. The van der Waals surface area contributed by atoms with E-state index in [1.54, 1.807) is 0 Å². The summed E-state index contributed by atoms with van der Waals surface area (Å²) < 4.78 is 25.3. The number of nitrogens with two attached hydrogens (primary N) is 1. The molecular formula is C9H14N4O4S. The van der Waals surface area contributed by atoms with Crippen LogP contribution >= 0.6 is 0 Å². The third-order valence-electron chi connectivity index (χ3n) is 2.75. The lowest BCUT2D eigenvalue weighted by atomic mass is 10.3. The molecule has 1 aromatic heterocycles. The Morgan fingerprint density at radius 1 is 1.33 bits per heavy atom. The van der Waals surface area contributed by atoms with E-state index in [4.69, 9.17) is 5.84 Å². The number of β-amino-alcohol motifs (C(OH)–C–C–N with tert-alkyl or cyclic N) is 2. The lowest BCUT2D eigenvalue weighted by Crippen LogP contribution is -2.30. The minimum absolute atomic E-state index is 0.0113. The van der Waals surface area contributed by atoms with Crippen molar-refractivity contribution in [1.29, 1.82) is 0 Å². The summed E-state index contributed by atoms with van der Waals surface area (Å²) in [6.07, 6.45) is -0.947. The fraction of sp³-hybridized carbons (Fsp3) is 0.444. The highest BCUT2D eigenvalue weighted by atomic mass is 32.2. The van der Waals surface area contributed by atoms with Crippen LogP contribution in [-0.4, -0.2) is 53.2 Å². The first-order valence-electron chi connectivity index (χ1n) is 5.24. The van der Waals surface area contributed by atoms with Gasteiger partial charge in [0, 0.05) is 19.3 Å². The second-order valence-corrected chi connectivity index (χ2v) is 5.92. The Hall–Kier alpha value is -1.26. The second-order valence-electron chi connectivity index (χ2n) is 3.98. The summed E-state index contributed by atoms with van der Waals surface area (Å²) in [4.78, 5) is 3.79. The van der Waals surface area contributed by atoms with Crippen LogP contribution in [0.4, 0.5) is 5.82 Å². The zero-order valence-corrected chi connectivity index (χ0v) is 10.2. The highest BCUT2D eigenvalue weighted by Crippen LogP contribution is 2.21. The van der Waals surface area contributed by atoms with E-state index >= 15 is 0 Å². The van der Waals surface area contributed by atoms with Gasteiger partial charge < -0.3 is 15.6 Å². The van der Waals surface area contributed by atoms with Gasteiger partial charge in [-0.25, -0.2) is 19.2 Å². The standard InChI is InChI=1S/C9H14N4O4S/c10-12-9-2-1-6(3-11-9)18(16,17)13-4-7(14)8(15)5-13/h1-3,7-8,14-15H,4-5,10H2,(H,11,12). The van der Waals surface area contributed by atoms with Gasteiger partial charge in [0.05, 0.1) is 12.2 Å². The Balaban J connectivity index is 2.25. The number of nitrogens with zero attached hydrogens (tertiary/aromatic N) is 2. The minimum atomic E-state index is -3.75. The topological polar surface area (TPSA) is 129 Å². The van der Waals surface area contributed by atoms with Gasteiger partial charge in [-0.1, -0.05) is 0 Å². The van der Waals surface area contributed by atoms with Crippen LogP contribution < -0.4 is 11.3 Å². The molecule has 5 N–H and O–H groups in total. The molecule has 18 heavy (non-hydrogen) atoms. The maximum Gasteiger partial charge on any atom is 0.244 e. The number of aliphatic hydroxyl groups excluding tert-OH is 2. The number of hydrogen-bond acceptors (Lipinski definition) is 7. The van der Waals surface area contributed by atoms with Crippen LogP contribution in [0.15, 0.2) is 23.2 Å². The van der Waals surface area contributed by atoms with E-state index in [1.807, 2.05) is 0 Å². The van der Waals surface area contributed by atoms with Crippen molar-refractivity contribution in [1.82, 2.24) is 9.29 Å². The number of nitrogen functional groups attached to an aromatic ring is 1. The Labute approximate surface area is 104 Å². The Bertz CT molecular complexity index is 508. The third-order valence-corrected chi connectivity index (χ3v) is 4.56. The maximum absolute atomic E-state index is 12.1. The van der Waals surface area contributed by atoms with E-state index in [2.05, 4.69) is 10.4 Å². The van der Waals surface area contributed by atoms with Crippen LogP contribution in [0.2, 0.25) is 0 Å². The Kier molecular flexibility index (Phi) is 3.50. The van der Waals surface area contributed by atoms with Gasteiger partial charge in [-0.2, -0.15) is 4.31 Å². The van der Waals surface area contributed by atoms with E-state index in [0.29, 0.717) is 5.82 Å². The van der Waals surface area contributed by atoms with Crippen molar-refractivity contribution < 1.29 is 18.6 Å². The molecule has 2 rings (SSSR count). The summed E-state index contributed by atoms with van der Waals surface area (Å²) in [6, 6.07) is 2.78. The van der Waals surface area contributed by atoms with E-state index in [1.165, 1.54) is 18.3 Å². The highest BCUT2D eigenvalue weighted by molar-refractivity contribution is 7.89. The molecule has 0 spiro atoms. The summed E-state index contributed by atoms with van der Waals surface area (Å²) in [6.45, 7) is -0.249. The van der Waals surface area contributed by atoms with Crippen LogP contribution in [0, 0.1) is 0 Å². The lowest BCUT2D eigenvalue weighted by molar-refractivity contribution is 0.0572. The number of aliphatic hydroxyl groups is 2. The molecule has 1 aliphatic rings. The summed E-state index contributed by atoms with van der Waals surface area (Å²) in [5.74, 6) is 5.47. The minimum Gasteiger partial charge on any atom is -0.389 e. The molecule has 2 heterocycles. The Morgan fingerprint density at radius 3 is 2.39 bits per heavy atom. The van der Waals surface area contributed by atoms with E-state index in [-0.39, 0.29) is 18.0 Å². The molecule has 100 valence electrons. The summed E-state index contributed by atoms with van der Waals surface area (Å²) in [5.41, 5.74) is 2.29. The van der Waals surface area contributed by atoms with Crippen molar-refractivity contribution in [3.63, 3.8) is 0 Å². The van der Waals surface area contributed by atoms with E-state index in [0.717, 1.165) is 4.31 Å². The molecule has 0 radical (unpaired) electrons. The van der Waals surface area contributed by atoms with Crippen molar-refractivity contribution in [3.05, 3.63) is 18.3 Å². The van der Waals surface area contributed by atoms with Gasteiger partial charge in [-0.3, -0.25) is 0 Å². The summed E-state index contributed by atoms with van der Waals surface area (Å²) in [7, 11) is -3.75. The molecule has 0 aliphatic carbocycles. The number of anilines is 1. The molecule has 2 unspecified atom stereocenters. The molecule has 1 saturated heterocycles. The van der Waals surface area contributed by atoms with Crippen molar-refractivity contribution in [2.45, 2.75) is 17.1 Å². The molecule has 2 atom stereocenters. The summed E-state index contributed by atoms with van der Waals surface area (Å²) >= 11 is 0. The van der Waals surface area contributed by atoms with Gasteiger partial charge in [-0.05, 0) is 12.1 Å². The molecule has 9 heteroatoms. The van der Waals surface area contributed by atoms with Crippen molar-refractivity contribution in [2.24, 2.45) is 5.84 Å². The number of hydrazine groups is 1.